The lowest BCUT2D eigenvalue weighted by Crippen LogP contribution is -2.41. The third-order valence-corrected chi connectivity index (χ3v) is 5.73. The summed E-state index contributed by atoms with van der Waals surface area (Å²) in [5, 5.41) is 13.3. The highest BCUT2D eigenvalue weighted by molar-refractivity contribution is 5.91. The number of carbonyl (C=O) groups excluding carboxylic acids is 1. The molecule has 1 aliphatic heterocycles. The van der Waals surface area contributed by atoms with E-state index in [-0.39, 0.29) is 12.3 Å². The van der Waals surface area contributed by atoms with Crippen LogP contribution in [0.4, 0.5) is 11.4 Å². The van der Waals surface area contributed by atoms with E-state index in [4.69, 9.17) is 0 Å². The first-order chi connectivity index (χ1) is 12.0. The molecule has 1 saturated carbocycles. The van der Waals surface area contributed by atoms with Crippen molar-refractivity contribution in [2.45, 2.75) is 56.6 Å². The van der Waals surface area contributed by atoms with E-state index in [9.17, 15) is 9.90 Å². The highest BCUT2D eigenvalue weighted by Crippen LogP contribution is 2.32. The molecule has 1 aromatic carbocycles. The maximum absolute atomic E-state index is 12.2. The summed E-state index contributed by atoms with van der Waals surface area (Å²) in [5.74, 6) is -0.0936. The average molecular weight is 345 g/mol. The molecule has 0 atom stereocenters. The van der Waals surface area contributed by atoms with Gasteiger partial charge in [0.2, 0.25) is 5.91 Å². The number of benzene rings is 1. The van der Waals surface area contributed by atoms with Gasteiger partial charge in [0.25, 0.3) is 0 Å². The minimum atomic E-state index is -0.791. The lowest BCUT2D eigenvalue weighted by atomic mass is 9.97. The van der Waals surface area contributed by atoms with Gasteiger partial charge in [-0.1, -0.05) is 12.8 Å². The molecule has 3 rings (SSSR count). The van der Waals surface area contributed by atoms with Gasteiger partial charge >= 0.3 is 0 Å². The highest BCUT2D eigenvalue weighted by Gasteiger charge is 2.33. The number of anilines is 2. The Balaban J connectivity index is 1.51. The van der Waals surface area contributed by atoms with Crippen LogP contribution in [0.5, 0.6) is 0 Å². The Labute approximate surface area is 151 Å². The van der Waals surface area contributed by atoms with Crippen molar-refractivity contribution in [3.63, 3.8) is 0 Å². The monoisotopic (exact) mass is 345 g/mol. The van der Waals surface area contributed by atoms with Crippen molar-refractivity contribution >= 4 is 17.3 Å². The highest BCUT2D eigenvalue weighted by atomic mass is 16.3. The van der Waals surface area contributed by atoms with Crippen LogP contribution in [-0.4, -0.2) is 54.7 Å². The number of amides is 1. The molecule has 1 aliphatic carbocycles. The Morgan fingerprint density at radius 2 is 1.80 bits per heavy atom. The summed E-state index contributed by atoms with van der Waals surface area (Å²) in [6.07, 6.45) is 6.08. The third-order valence-electron chi connectivity index (χ3n) is 5.73. The van der Waals surface area contributed by atoms with E-state index < -0.39 is 5.60 Å². The van der Waals surface area contributed by atoms with Crippen molar-refractivity contribution < 1.29 is 9.90 Å². The number of carbonyl (C=O) groups is 1. The molecule has 0 radical (unpaired) electrons. The topological polar surface area (TPSA) is 55.8 Å². The number of rotatable bonds is 5. The van der Waals surface area contributed by atoms with E-state index in [1.807, 2.05) is 12.1 Å². The minimum absolute atomic E-state index is 0.0936. The average Bonchev–Trinajstić information content (AvgIpc) is 3.01. The second-order valence-electron chi connectivity index (χ2n) is 7.89. The van der Waals surface area contributed by atoms with Crippen LogP contribution in [0, 0.1) is 0 Å². The molecule has 0 spiro atoms. The lowest BCUT2D eigenvalue weighted by Gasteiger charge is -2.36. The first kappa shape index (κ1) is 18.2. The van der Waals surface area contributed by atoms with Crippen LogP contribution in [0.1, 0.15) is 44.9 Å². The van der Waals surface area contributed by atoms with Crippen molar-refractivity contribution in [2.75, 3.05) is 37.4 Å². The quantitative estimate of drug-likeness (QED) is 0.862. The smallest absolute Gasteiger partial charge is 0.227 e. The van der Waals surface area contributed by atoms with Gasteiger partial charge in [-0.25, -0.2) is 0 Å². The zero-order valence-corrected chi connectivity index (χ0v) is 15.5. The van der Waals surface area contributed by atoms with Crippen molar-refractivity contribution in [1.29, 1.82) is 0 Å². The van der Waals surface area contributed by atoms with Gasteiger partial charge in [-0.3, -0.25) is 4.79 Å². The van der Waals surface area contributed by atoms with E-state index >= 15 is 0 Å². The molecule has 5 nitrogen and oxygen atoms in total. The molecule has 0 bridgehead atoms. The first-order valence-corrected chi connectivity index (χ1v) is 9.49. The van der Waals surface area contributed by atoms with Crippen molar-refractivity contribution in [2.24, 2.45) is 0 Å². The van der Waals surface area contributed by atoms with Crippen LogP contribution < -0.4 is 10.2 Å². The van der Waals surface area contributed by atoms with Gasteiger partial charge in [-0.15, -0.1) is 0 Å². The molecule has 1 saturated heterocycles. The van der Waals surface area contributed by atoms with E-state index in [2.05, 4.69) is 41.3 Å². The summed E-state index contributed by atoms with van der Waals surface area (Å²) >= 11 is 0. The summed E-state index contributed by atoms with van der Waals surface area (Å²) in [6, 6.07) is 8.76. The summed E-state index contributed by atoms with van der Waals surface area (Å²) in [7, 11) is 4.31. The van der Waals surface area contributed by atoms with E-state index in [0.717, 1.165) is 44.5 Å². The summed E-state index contributed by atoms with van der Waals surface area (Å²) in [5.41, 5.74) is 1.23. The van der Waals surface area contributed by atoms with E-state index in [1.165, 1.54) is 18.5 Å². The van der Waals surface area contributed by atoms with Crippen LogP contribution in [0.25, 0.3) is 0 Å². The van der Waals surface area contributed by atoms with Gasteiger partial charge < -0.3 is 20.2 Å². The molecule has 2 aliphatic rings. The van der Waals surface area contributed by atoms with Crippen LogP contribution in [0.3, 0.4) is 0 Å². The van der Waals surface area contributed by atoms with Crippen LogP contribution in [0.2, 0.25) is 0 Å². The number of hydrogen-bond acceptors (Lipinski definition) is 4. The standard InChI is InChI=1S/C20H31N3O2/c1-22(2)17-9-13-23(14-10-17)18-7-5-16(6-8-18)21-19(24)15-20(25)11-3-4-12-20/h5-8,17,25H,3-4,9-15H2,1-2H3,(H,21,24). The maximum Gasteiger partial charge on any atom is 0.227 e. The van der Waals surface area contributed by atoms with E-state index in [0.29, 0.717) is 6.04 Å². The van der Waals surface area contributed by atoms with Crippen molar-refractivity contribution in [3.8, 4) is 0 Å². The molecule has 5 heteroatoms. The molecule has 25 heavy (non-hydrogen) atoms. The molecule has 2 N–H and O–H groups in total. The van der Waals surface area contributed by atoms with Gasteiger partial charge in [0.1, 0.15) is 0 Å². The Kier molecular flexibility index (Phi) is 5.64. The van der Waals surface area contributed by atoms with Crippen molar-refractivity contribution in [1.82, 2.24) is 4.90 Å². The Bertz CT molecular complexity index is 571. The second kappa shape index (κ2) is 7.75. The Hall–Kier alpha value is -1.59. The van der Waals surface area contributed by atoms with Crippen LogP contribution in [-0.2, 0) is 4.79 Å². The Morgan fingerprint density at radius 1 is 1.20 bits per heavy atom. The molecule has 0 unspecified atom stereocenters. The number of aliphatic hydroxyl groups is 1. The fraction of sp³-hybridized carbons (Fsp3) is 0.650. The summed E-state index contributed by atoms with van der Waals surface area (Å²) < 4.78 is 0. The lowest BCUT2D eigenvalue weighted by molar-refractivity contribution is -0.120. The first-order valence-electron chi connectivity index (χ1n) is 9.49. The molecule has 1 heterocycles. The normalized spacial score (nSPS) is 20.9. The zero-order valence-electron chi connectivity index (χ0n) is 15.5. The minimum Gasteiger partial charge on any atom is -0.389 e. The van der Waals surface area contributed by atoms with Crippen molar-refractivity contribution in [3.05, 3.63) is 24.3 Å². The number of nitrogens with one attached hydrogen (secondary N) is 1. The number of piperidine rings is 1. The predicted octanol–water partition coefficient (Wildman–Crippen LogP) is 2.85. The Morgan fingerprint density at radius 3 is 2.36 bits per heavy atom. The molecule has 2 fully saturated rings. The second-order valence-corrected chi connectivity index (χ2v) is 7.89. The SMILES string of the molecule is CN(C)C1CCN(c2ccc(NC(=O)CC3(O)CCCC3)cc2)CC1. The largest absolute Gasteiger partial charge is 0.389 e. The molecular formula is C20H31N3O2. The predicted molar refractivity (Wildman–Crippen MR) is 102 cm³/mol. The number of hydrogen-bond donors (Lipinski definition) is 2. The molecule has 138 valence electrons. The van der Waals surface area contributed by atoms with Gasteiger partial charge in [0, 0.05) is 30.5 Å². The maximum atomic E-state index is 12.2. The summed E-state index contributed by atoms with van der Waals surface area (Å²) in [6.45, 7) is 2.14. The summed E-state index contributed by atoms with van der Waals surface area (Å²) in [4.78, 5) is 16.9. The van der Waals surface area contributed by atoms with Gasteiger partial charge in [-0.05, 0) is 64.0 Å². The molecule has 1 amide bonds. The number of nitrogens with zero attached hydrogens (tertiary/aromatic N) is 2. The zero-order chi connectivity index (χ0) is 17.9. The molecular weight excluding hydrogens is 314 g/mol. The van der Waals surface area contributed by atoms with Crippen LogP contribution in [0.15, 0.2) is 24.3 Å². The van der Waals surface area contributed by atoms with E-state index in [1.54, 1.807) is 0 Å². The van der Waals surface area contributed by atoms with Gasteiger partial charge in [0.05, 0.1) is 12.0 Å². The fourth-order valence-corrected chi connectivity index (χ4v) is 4.11. The molecule has 0 aromatic heterocycles. The fourth-order valence-electron chi connectivity index (χ4n) is 4.11. The molecule has 1 aromatic rings. The van der Waals surface area contributed by atoms with Gasteiger partial charge in [0.15, 0.2) is 0 Å². The third kappa shape index (κ3) is 4.73. The van der Waals surface area contributed by atoms with Crippen LogP contribution >= 0.6 is 0 Å². The van der Waals surface area contributed by atoms with Gasteiger partial charge in [-0.2, -0.15) is 0 Å².